The first-order chi connectivity index (χ1) is 16.8. The summed E-state index contributed by atoms with van der Waals surface area (Å²) in [5.74, 6) is 0.0394. The van der Waals surface area contributed by atoms with Crippen molar-refractivity contribution in [2.75, 3.05) is 49.5 Å². The molecule has 35 heavy (non-hydrogen) atoms. The Morgan fingerprint density at radius 2 is 1.69 bits per heavy atom. The van der Waals surface area contributed by atoms with Gasteiger partial charge in [-0.2, -0.15) is 4.31 Å². The van der Waals surface area contributed by atoms with E-state index in [0.29, 0.717) is 11.4 Å². The summed E-state index contributed by atoms with van der Waals surface area (Å²) in [6, 6.07) is 17.6. The molecule has 0 spiro atoms. The second-order valence-electron chi connectivity index (χ2n) is 8.68. The van der Waals surface area contributed by atoms with Crippen molar-refractivity contribution in [3.63, 3.8) is 0 Å². The van der Waals surface area contributed by atoms with Crippen molar-refractivity contribution in [1.82, 2.24) is 9.21 Å². The van der Waals surface area contributed by atoms with Crippen LogP contribution in [0.1, 0.15) is 18.2 Å². The maximum absolute atomic E-state index is 13.3. The molecule has 1 saturated heterocycles. The zero-order valence-corrected chi connectivity index (χ0v) is 21.0. The predicted octanol–water partition coefficient (Wildman–Crippen LogP) is 3.56. The molecule has 186 valence electrons. The molecule has 0 radical (unpaired) electrons. The number of hydrogen-bond acceptors (Lipinski definition) is 6. The Kier molecular flexibility index (Phi) is 7.90. The molecule has 1 aliphatic heterocycles. The molecule has 2 aromatic carbocycles. The van der Waals surface area contributed by atoms with Gasteiger partial charge in [0.25, 0.3) is 0 Å². The van der Waals surface area contributed by atoms with Crippen LogP contribution in [0, 0.1) is 6.92 Å². The van der Waals surface area contributed by atoms with Crippen LogP contribution in [0.4, 0.5) is 11.4 Å². The third kappa shape index (κ3) is 6.30. The number of piperazine rings is 1. The largest absolute Gasteiger partial charge is 0.468 e. The molecule has 0 bridgehead atoms. The molecule has 1 aromatic heterocycles. The third-order valence-electron chi connectivity index (χ3n) is 6.23. The lowest BCUT2D eigenvalue weighted by atomic mass is 10.2. The first-order valence-corrected chi connectivity index (χ1v) is 13.3. The smallest absolute Gasteiger partial charge is 0.243 e. The Morgan fingerprint density at radius 3 is 2.29 bits per heavy atom. The molecule has 0 unspecified atom stereocenters. The standard InChI is InChI=1S/C26H32N4O4S/c1-3-28-14-16-29(17-15-28)23-10-8-22(9-11-23)27-26(31)20-30(19-24-5-4-18-34-24)35(32,33)25-12-6-21(2)7-13-25/h4-13,18H,3,14-17,19-20H2,1-2H3,(H,27,31). The average molecular weight is 497 g/mol. The van der Waals surface area contributed by atoms with Crippen molar-refractivity contribution in [2.24, 2.45) is 0 Å². The summed E-state index contributed by atoms with van der Waals surface area (Å²) in [7, 11) is -3.91. The molecule has 2 heterocycles. The molecule has 1 fully saturated rings. The fourth-order valence-electron chi connectivity index (χ4n) is 4.10. The number of amides is 1. The van der Waals surface area contributed by atoms with E-state index in [4.69, 9.17) is 4.42 Å². The lowest BCUT2D eigenvalue weighted by Gasteiger charge is -2.35. The van der Waals surface area contributed by atoms with Gasteiger partial charge in [-0.05, 0) is 62.0 Å². The Labute approximate surface area is 207 Å². The number of carbonyl (C=O) groups is 1. The minimum Gasteiger partial charge on any atom is -0.468 e. The summed E-state index contributed by atoms with van der Waals surface area (Å²) >= 11 is 0. The summed E-state index contributed by atoms with van der Waals surface area (Å²) in [6.07, 6.45) is 1.48. The van der Waals surface area contributed by atoms with Crippen molar-refractivity contribution in [2.45, 2.75) is 25.3 Å². The van der Waals surface area contributed by atoms with Gasteiger partial charge in [0.05, 0.1) is 24.2 Å². The second-order valence-corrected chi connectivity index (χ2v) is 10.6. The number of nitrogens with one attached hydrogen (secondary N) is 1. The van der Waals surface area contributed by atoms with E-state index in [1.165, 1.54) is 6.26 Å². The highest BCUT2D eigenvalue weighted by Crippen LogP contribution is 2.22. The van der Waals surface area contributed by atoms with Gasteiger partial charge in [-0.25, -0.2) is 8.42 Å². The monoisotopic (exact) mass is 496 g/mol. The Morgan fingerprint density at radius 1 is 1.00 bits per heavy atom. The highest BCUT2D eigenvalue weighted by atomic mass is 32.2. The Hall–Kier alpha value is -3.14. The number of likely N-dealkylation sites (N-methyl/N-ethyl adjacent to an activating group) is 1. The van der Waals surface area contributed by atoms with Gasteiger partial charge in [0.2, 0.25) is 15.9 Å². The molecule has 9 heteroatoms. The Balaban J connectivity index is 1.43. The van der Waals surface area contributed by atoms with Gasteiger partial charge < -0.3 is 19.5 Å². The van der Waals surface area contributed by atoms with Gasteiger partial charge in [0.1, 0.15) is 5.76 Å². The van der Waals surface area contributed by atoms with Crippen molar-refractivity contribution in [3.8, 4) is 0 Å². The maximum Gasteiger partial charge on any atom is 0.243 e. The van der Waals surface area contributed by atoms with E-state index < -0.39 is 15.9 Å². The first-order valence-electron chi connectivity index (χ1n) is 11.8. The molecule has 4 rings (SSSR count). The predicted molar refractivity (Wildman–Crippen MR) is 137 cm³/mol. The van der Waals surface area contributed by atoms with Crippen LogP contribution < -0.4 is 10.2 Å². The van der Waals surface area contributed by atoms with Crippen molar-refractivity contribution in [3.05, 3.63) is 78.3 Å². The molecule has 1 aliphatic rings. The molecular formula is C26H32N4O4S. The molecule has 1 N–H and O–H groups in total. The second kappa shape index (κ2) is 11.1. The van der Waals surface area contributed by atoms with E-state index in [-0.39, 0.29) is 18.0 Å². The van der Waals surface area contributed by atoms with Gasteiger partial charge >= 0.3 is 0 Å². The van der Waals surface area contributed by atoms with E-state index in [1.54, 1.807) is 36.4 Å². The van der Waals surface area contributed by atoms with E-state index >= 15 is 0 Å². The number of nitrogens with zero attached hydrogens (tertiary/aromatic N) is 3. The van der Waals surface area contributed by atoms with Crippen molar-refractivity contribution >= 4 is 27.3 Å². The number of anilines is 2. The van der Waals surface area contributed by atoms with E-state index in [0.717, 1.165) is 48.3 Å². The molecule has 8 nitrogen and oxygen atoms in total. The van der Waals surface area contributed by atoms with Gasteiger partial charge in [-0.1, -0.05) is 24.6 Å². The topological polar surface area (TPSA) is 86.1 Å². The highest BCUT2D eigenvalue weighted by molar-refractivity contribution is 7.89. The number of rotatable bonds is 9. The molecular weight excluding hydrogens is 464 g/mol. The lowest BCUT2D eigenvalue weighted by Crippen LogP contribution is -2.46. The van der Waals surface area contributed by atoms with E-state index in [2.05, 4.69) is 22.0 Å². The van der Waals surface area contributed by atoms with Crippen LogP contribution in [-0.4, -0.2) is 62.8 Å². The third-order valence-corrected chi connectivity index (χ3v) is 8.03. The summed E-state index contributed by atoms with van der Waals surface area (Å²) < 4.78 is 33.1. The van der Waals surface area contributed by atoms with Gasteiger partial charge in [0.15, 0.2) is 0 Å². The minimum absolute atomic E-state index is 0.0424. The summed E-state index contributed by atoms with van der Waals surface area (Å²) in [5, 5.41) is 2.83. The molecule has 1 amide bonds. The minimum atomic E-state index is -3.91. The molecule has 0 saturated carbocycles. The van der Waals surface area contributed by atoms with Crippen LogP contribution >= 0.6 is 0 Å². The summed E-state index contributed by atoms with van der Waals surface area (Å²) in [5.41, 5.74) is 2.69. The van der Waals surface area contributed by atoms with Gasteiger partial charge in [0, 0.05) is 37.6 Å². The van der Waals surface area contributed by atoms with Crippen LogP contribution in [0.25, 0.3) is 0 Å². The van der Waals surface area contributed by atoms with Crippen molar-refractivity contribution in [1.29, 1.82) is 0 Å². The number of carbonyl (C=O) groups excluding carboxylic acids is 1. The highest BCUT2D eigenvalue weighted by Gasteiger charge is 2.28. The molecule has 0 atom stereocenters. The van der Waals surface area contributed by atoms with Crippen LogP contribution in [0.3, 0.4) is 0 Å². The zero-order chi connectivity index (χ0) is 24.8. The number of benzene rings is 2. The van der Waals surface area contributed by atoms with Gasteiger partial charge in [-0.3, -0.25) is 4.79 Å². The average Bonchev–Trinajstić information content (AvgIpc) is 3.38. The van der Waals surface area contributed by atoms with Crippen LogP contribution in [0.2, 0.25) is 0 Å². The lowest BCUT2D eigenvalue weighted by molar-refractivity contribution is -0.116. The Bertz CT molecular complexity index is 1200. The van der Waals surface area contributed by atoms with E-state index in [1.807, 2.05) is 31.2 Å². The normalized spacial score (nSPS) is 14.9. The first kappa shape index (κ1) is 25.0. The fraction of sp³-hybridized carbons (Fsp3) is 0.346. The fourth-order valence-corrected chi connectivity index (χ4v) is 5.46. The zero-order valence-electron chi connectivity index (χ0n) is 20.2. The van der Waals surface area contributed by atoms with Crippen LogP contribution in [0.5, 0.6) is 0 Å². The molecule has 0 aliphatic carbocycles. The van der Waals surface area contributed by atoms with Crippen molar-refractivity contribution < 1.29 is 17.6 Å². The van der Waals surface area contributed by atoms with Crippen LogP contribution in [-0.2, 0) is 21.4 Å². The SMILES string of the molecule is CCN1CCN(c2ccc(NC(=O)CN(Cc3ccco3)S(=O)(=O)c3ccc(C)cc3)cc2)CC1. The number of aryl methyl sites for hydroxylation is 1. The quantitative estimate of drug-likeness (QED) is 0.488. The van der Waals surface area contributed by atoms with Gasteiger partial charge in [-0.15, -0.1) is 0 Å². The number of sulfonamides is 1. The van der Waals surface area contributed by atoms with Crippen LogP contribution in [0.15, 0.2) is 76.2 Å². The summed E-state index contributed by atoms with van der Waals surface area (Å²) in [4.78, 5) is 17.8. The number of hydrogen-bond donors (Lipinski definition) is 1. The van der Waals surface area contributed by atoms with E-state index in [9.17, 15) is 13.2 Å². The maximum atomic E-state index is 13.3. The number of furan rings is 1. The molecule has 3 aromatic rings. The summed E-state index contributed by atoms with van der Waals surface area (Å²) in [6.45, 7) is 8.77.